The first-order valence-corrected chi connectivity index (χ1v) is 6.52. The quantitative estimate of drug-likeness (QED) is 0.483. The van der Waals surface area contributed by atoms with Crippen molar-refractivity contribution in [3.05, 3.63) is 64.0 Å². The second-order valence-electron chi connectivity index (χ2n) is 4.05. The van der Waals surface area contributed by atoms with Crippen molar-refractivity contribution in [2.45, 2.75) is 16.7 Å². The predicted molar refractivity (Wildman–Crippen MR) is 73.6 cm³/mol. The minimum Gasteiger partial charge on any atom is -0.294 e. The Kier molecular flexibility index (Phi) is 4.14. The van der Waals surface area contributed by atoms with Crippen LogP contribution in [0.3, 0.4) is 0 Å². The lowest BCUT2D eigenvalue weighted by Gasteiger charge is -2.04. The van der Waals surface area contributed by atoms with Crippen molar-refractivity contribution < 1.29 is 14.1 Å². The maximum absolute atomic E-state index is 12.8. The van der Waals surface area contributed by atoms with Crippen LogP contribution in [0.5, 0.6) is 0 Å². The number of nitro groups is 1. The summed E-state index contributed by atoms with van der Waals surface area (Å²) in [6.45, 7) is 1.29. The normalized spacial score (nSPS) is 10.3. The molecular weight excluding hydrogens is 281 g/mol. The topological polar surface area (TPSA) is 60.2 Å². The smallest absolute Gasteiger partial charge is 0.280 e. The lowest BCUT2D eigenvalue weighted by atomic mass is 10.1. The van der Waals surface area contributed by atoms with Crippen LogP contribution in [0.15, 0.2) is 52.3 Å². The van der Waals surface area contributed by atoms with E-state index < -0.39 is 4.92 Å². The van der Waals surface area contributed by atoms with Gasteiger partial charge in [-0.2, -0.15) is 0 Å². The number of ketones is 1. The molecule has 4 nitrogen and oxygen atoms in total. The molecule has 0 saturated carbocycles. The van der Waals surface area contributed by atoms with Gasteiger partial charge in [0.1, 0.15) is 5.82 Å². The fourth-order valence-corrected chi connectivity index (χ4v) is 2.52. The van der Waals surface area contributed by atoms with Crippen molar-refractivity contribution in [1.82, 2.24) is 0 Å². The zero-order chi connectivity index (χ0) is 14.7. The number of nitrogens with zero attached hydrogens (tertiary/aromatic N) is 1. The summed E-state index contributed by atoms with van der Waals surface area (Å²) in [4.78, 5) is 23.2. The molecule has 2 rings (SSSR count). The van der Waals surface area contributed by atoms with Gasteiger partial charge in [0.25, 0.3) is 5.69 Å². The molecule has 0 aliphatic rings. The SMILES string of the molecule is CC(=O)c1cc(Sc2ccc(F)cc2)ccc1[N+](=O)[O-]. The number of carbonyl (C=O) groups is 1. The van der Waals surface area contributed by atoms with Crippen molar-refractivity contribution >= 4 is 23.2 Å². The predicted octanol–water partition coefficient (Wildman–Crippen LogP) is 4.09. The van der Waals surface area contributed by atoms with Gasteiger partial charge in [-0.05, 0) is 43.3 Å². The van der Waals surface area contributed by atoms with Crippen LogP contribution in [0.2, 0.25) is 0 Å². The van der Waals surface area contributed by atoms with E-state index >= 15 is 0 Å². The van der Waals surface area contributed by atoms with Gasteiger partial charge >= 0.3 is 0 Å². The van der Waals surface area contributed by atoms with Crippen LogP contribution in [0.4, 0.5) is 10.1 Å². The number of nitro benzene ring substituents is 1. The van der Waals surface area contributed by atoms with Crippen molar-refractivity contribution in [3.63, 3.8) is 0 Å². The summed E-state index contributed by atoms with van der Waals surface area (Å²) < 4.78 is 12.8. The summed E-state index contributed by atoms with van der Waals surface area (Å²) in [6, 6.07) is 10.2. The summed E-state index contributed by atoms with van der Waals surface area (Å²) in [5.41, 5.74) is -0.136. The fraction of sp³-hybridized carbons (Fsp3) is 0.0714. The molecule has 0 bridgehead atoms. The Morgan fingerprint density at radius 2 is 1.75 bits per heavy atom. The largest absolute Gasteiger partial charge is 0.294 e. The summed E-state index contributed by atoms with van der Waals surface area (Å²) in [7, 11) is 0. The molecule has 2 aromatic carbocycles. The molecule has 0 atom stereocenters. The third-order valence-corrected chi connectivity index (χ3v) is 3.59. The maximum atomic E-state index is 12.8. The Morgan fingerprint density at radius 1 is 1.15 bits per heavy atom. The average Bonchev–Trinajstić information content (AvgIpc) is 2.41. The molecule has 0 fully saturated rings. The Morgan fingerprint density at radius 3 is 2.30 bits per heavy atom. The van der Waals surface area contributed by atoms with Gasteiger partial charge in [0.05, 0.1) is 10.5 Å². The molecule has 0 radical (unpaired) electrons. The molecular formula is C14H10FNO3S. The van der Waals surface area contributed by atoms with Gasteiger partial charge in [-0.1, -0.05) is 11.8 Å². The van der Waals surface area contributed by atoms with Gasteiger partial charge in [0.2, 0.25) is 0 Å². The number of benzene rings is 2. The first kappa shape index (κ1) is 14.2. The maximum Gasteiger partial charge on any atom is 0.280 e. The molecule has 0 amide bonds. The minimum atomic E-state index is -0.580. The highest BCUT2D eigenvalue weighted by Gasteiger charge is 2.17. The van der Waals surface area contributed by atoms with E-state index in [1.807, 2.05) is 0 Å². The highest BCUT2D eigenvalue weighted by atomic mass is 32.2. The molecule has 0 aliphatic heterocycles. The summed E-state index contributed by atoms with van der Waals surface area (Å²) in [5, 5.41) is 10.8. The van der Waals surface area contributed by atoms with E-state index in [4.69, 9.17) is 0 Å². The lowest BCUT2D eigenvalue weighted by Crippen LogP contribution is -2.00. The van der Waals surface area contributed by atoms with E-state index in [2.05, 4.69) is 0 Å². The van der Waals surface area contributed by atoms with Crippen molar-refractivity contribution in [1.29, 1.82) is 0 Å². The van der Waals surface area contributed by atoms with Gasteiger partial charge in [-0.3, -0.25) is 14.9 Å². The molecule has 0 unspecified atom stereocenters. The van der Waals surface area contributed by atoms with Crippen LogP contribution in [0.1, 0.15) is 17.3 Å². The highest BCUT2D eigenvalue weighted by molar-refractivity contribution is 7.99. The van der Waals surface area contributed by atoms with E-state index in [-0.39, 0.29) is 22.9 Å². The van der Waals surface area contributed by atoms with Crippen LogP contribution in [0.25, 0.3) is 0 Å². The van der Waals surface area contributed by atoms with E-state index in [1.165, 1.54) is 43.0 Å². The van der Waals surface area contributed by atoms with Gasteiger partial charge in [0, 0.05) is 15.9 Å². The second-order valence-corrected chi connectivity index (χ2v) is 5.20. The zero-order valence-electron chi connectivity index (χ0n) is 10.5. The Bertz CT molecular complexity index is 671. The highest BCUT2D eigenvalue weighted by Crippen LogP contribution is 2.31. The Balaban J connectivity index is 2.34. The Hall–Kier alpha value is -2.21. The van der Waals surface area contributed by atoms with Crippen LogP contribution in [-0.2, 0) is 0 Å². The summed E-state index contributed by atoms with van der Waals surface area (Å²) in [5.74, 6) is -0.694. The van der Waals surface area contributed by atoms with E-state index in [1.54, 1.807) is 18.2 Å². The van der Waals surface area contributed by atoms with Crippen LogP contribution in [0, 0.1) is 15.9 Å². The number of carbonyl (C=O) groups excluding carboxylic acids is 1. The van der Waals surface area contributed by atoms with E-state index in [0.717, 1.165) is 4.90 Å². The zero-order valence-corrected chi connectivity index (χ0v) is 11.3. The van der Waals surface area contributed by atoms with Gasteiger partial charge in [-0.25, -0.2) is 4.39 Å². The monoisotopic (exact) mass is 291 g/mol. The van der Waals surface area contributed by atoms with Gasteiger partial charge in [0.15, 0.2) is 5.78 Å². The Labute approximate surface area is 118 Å². The lowest BCUT2D eigenvalue weighted by molar-refractivity contribution is -0.385. The molecule has 0 aromatic heterocycles. The molecule has 0 heterocycles. The van der Waals surface area contributed by atoms with Gasteiger partial charge < -0.3 is 0 Å². The third kappa shape index (κ3) is 3.21. The molecule has 2 aromatic rings. The minimum absolute atomic E-state index is 0.0714. The average molecular weight is 291 g/mol. The number of hydrogen-bond donors (Lipinski definition) is 0. The van der Waals surface area contributed by atoms with Crippen LogP contribution >= 0.6 is 11.8 Å². The standard InChI is InChI=1S/C14H10FNO3S/c1-9(17)13-8-12(6-7-14(13)16(18)19)20-11-4-2-10(15)3-5-11/h2-8H,1H3. The van der Waals surface area contributed by atoms with E-state index in [0.29, 0.717) is 4.90 Å². The molecule has 102 valence electrons. The van der Waals surface area contributed by atoms with Crippen LogP contribution < -0.4 is 0 Å². The number of halogens is 1. The number of rotatable bonds is 4. The molecule has 0 N–H and O–H groups in total. The van der Waals surface area contributed by atoms with Crippen molar-refractivity contribution in [3.8, 4) is 0 Å². The third-order valence-electron chi connectivity index (χ3n) is 2.59. The summed E-state index contributed by atoms with van der Waals surface area (Å²) in [6.07, 6.45) is 0. The molecule has 0 spiro atoms. The summed E-state index contributed by atoms with van der Waals surface area (Å²) >= 11 is 1.31. The fourth-order valence-electron chi connectivity index (χ4n) is 1.66. The molecule has 20 heavy (non-hydrogen) atoms. The van der Waals surface area contributed by atoms with Crippen molar-refractivity contribution in [2.24, 2.45) is 0 Å². The number of Topliss-reactive ketones (excluding diaryl/α,β-unsaturated/α-hetero) is 1. The first-order valence-electron chi connectivity index (χ1n) is 5.70. The second kappa shape index (κ2) is 5.83. The van der Waals surface area contributed by atoms with Crippen LogP contribution in [-0.4, -0.2) is 10.7 Å². The molecule has 0 saturated heterocycles. The van der Waals surface area contributed by atoms with E-state index in [9.17, 15) is 19.3 Å². The van der Waals surface area contributed by atoms with Gasteiger partial charge in [-0.15, -0.1) is 0 Å². The molecule has 6 heteroatoms. The molecule has 0 aliphatic carbocycles. The van der Waals surface area contributed by atoms with Crippen molar-refractivity contribution in [2.75, 3.05) is 0 Å². The first-order chi connectivity index (χ1) is 9.47. The number of hydrogen-bond acceptors (Lipinski definition) is 4.